The van der Waals surface area contributed by atoms with E-state index in [2.05, 4.69) is 68.0 Å². The van der Waals surface area contributed by atoms with Crippen molar-refractivity contribution in [3.05, 3.63) is 40.4 Å². The molecule has 0 saturated carbocycles. The van der Waals surface area contributed by atoms with Crippen molar-refractivity contribution in [2.24, 2.45) is 0 Å². The molecule has 37 heavy (non-hydrogen) atoms. The third-order valence-corrected chi connectivity index (χ3v) is 12.5. The lowest BCUT2D eigenvalue weighted by atomic mass is 9.68. The fraction of sp³-hybridized carbons (Fsp3) is 0.621. The van der Waals surface area contributed by atoms with Gasteiger partial charge < -0.3 is 23.5 Å². The highest BCUT2D eigenvalue weighted by Crippen LogP contribution is 2.56. The number of halogens is 1. The Kier molecular flexibility index (Phi) is 8.67. The van der Waals surface area contributed by atoms with Crippen LogP contribution in [0, 0.1) is 0 Å². The fourth-order valence-corrected chi connectivity index (χ4v) is 6.45. The molecule has 0 unspecified atom stereocenters. The molecule has 3 rings (SSSR count). The van der Waals surface area contributed by atoms with Gasteiger partial charge in [0.25, 0.3) is 0 Å². The minimum Gasteiger partial charge on any atom is -0.493 e. The molecule has 1 aliphatic heterocycles. The molecule has 0 spiro atoms. The Morgan fingerprint density at radius 2 is 1.92 bits per heavy atom. The SMILES string of the molecule is COc1ccc(/C=C\Br)c2c1O[C@@H]1[C@@H](O[Si](C)(C)C(C)(C)C)CC=C[C@]21CCN(C)C(=O)OC(C)(C)C. The van der Waals surface area contributed by atoms with Gasteiger partial charge in [0.15, 0.2) is 19.8 Å². The molecule has 6 nitrogen and oxygen atoms in total. The first-order valence-corrected chi connectivity index (χ1v) is 16.8. The zero-order valence-electron chi connectivity index (χ0n) is 24.1. The predicted octanol–water partition coefficient (Wildman–Crippen LogP) is 7.67. The highest BCUT2D eigenvalue weighted by molar-refractivity contribution is 9.11. The highest BCUT2D eigenvalue weighted by Gasteiger charge is 2.56. The number of ether oxygens (including phenoxy) is 3. The first-order valence-electron chi connectivity index (χ1n) is 13.0. The number of hydrogen-bond acceptors (Lipinski definition) is 5. The van der Waals surface area contributed by atoms with Crippen LogP contribution in [0.15, 0.2) is 29.3 Å². The maximum absolute atomic E-state index is 12.8. The van der Waals surface area contributed by atoms with Crippen LogP contribution in [0.4, 0.5) is 4.79 Å². The Labute approximate surface area is 232 Å². The summed E-state index contributed by atoms with van der Waals surface area (Å²) < 4.78 is 25.2. The Balaban J connectivity index is 2.07. The van der Waals surface area contributed by atoms with Crippen LogP contribution in [0.5, 0.6) is 11.5 Å². The average molecular weight is 595 g/mol. The standard InChI is InChI=1S/C29H44BrNO5Si/c1-27(2,3)35-26(32)31(7)19-17-29-16-11-12-22(36-37(9,10)28(4,5)6)25(29)34-24-21(33-8)14-13-20(15-18-30)23(24)29/h11,13-16,18,22,25H,12,17,19H2,1-10H3/b18-15-/t22-,25+,29-/m0/s1. The van der Waals surface area contributed by atoms with Crippen molar-refractivity contribution in [3.63, 3.8) is 0 Å². The number of methoxy groups -OCH3 is 1. The normalized spacial score (nSPS) is 23.4. The van der Waals surface area contributed by atoms with Gasteiger partial charge in [0.2, 0.25) is 0 Å². The molecule has 3 atom stereocenters. The first-order chi connectivity index (χ1) is 17.1. The molecular formula is C29H44BrNO5Si. The lowest BCUT2D eigenvalue weighted by molar-refractivity contribution is 0.0110. The van der Waals surface area contributed by atoms with Crippen LogP contribution >= 0.6 is 15.9 Å². The van der Waals surface area contributed by atoms with Crippen molar-refractivity contribution in [2.75, 3.05) is 20.7 Å². The van der Waals surface area contributed by atoms with Gasteiger partial charge in [0.1, 0.15) is 11.7 Å². The maximum atomic E-state index is 12.8. The van der Waals surface area contributed by atoms with Crippen LogP contribution in [0.2, 0.25) is 18.1 Å². The molecule has 8 heteroatoms. The molecule has 0 saturated heterocycles. The van der Waals surface area contributed by atoms with Gasteiger partial charge in [-0.25, -0.2) is 4.79 Å². The summed E-state index contributed by atoms with van der Waals surface area (Å²) in [5.74, 6) is 1.46. The number of carbonyl (C=O) groups excluding carboxylic acids is 1. The molecule has 1 aliphatic carbocycles. The van der Waals surface area contributed by atoms with Crippen molar-refractivity contribution in [2.45, 2.75) is 95.7 Å². The van der Waals surface area contributed by atoms with Crippen LogP contribution in [0.25, 0.3) is 6.08 Å². The topological polar surface area (TPSA) is 57.2 Å². The van der Waals surface area contributed by atoms with Gasteiger partial charge in [-0.3, -0.25) is 0 Å². The quantitative estimate of drug-likeness (QED) is 0.240. The van der Waals surface area contributed by atoms with E-state index in [1.165, 1.54) is 0 Å². The number of rotatable bonds is 7. The summed E-state index contributed by atoms with van der Waals surface area (Å²) in [6, 6.07) is 4.01. The lowest BCUT2D eigenvalue weighted by Gasteiger charge is -2.45. The van der Waals surface area contributed by atoms with E-state index in [1.54, 1.807) is 19.1 Å². The third-order valence-electron chi connectivity index (χ3n) is 7.77. The lowest BCUT2D eigenvalue weighted by Crippen LogP contribution is -2.54. The highest BCUT2D eigenvalue weighted by atomic mass is 79.9. The van der Waals surface area contributed by atoms with Crippen LogP contribution < -0.4 is 9.47 Å². The van der Waals surface area contributed by atoms with E-state index in [1.807, 2.05) is 37.9 Å². The van der Waals surface area contributed by atoms with E-state index in [0.29, 0.717) is 18.7 Å². The first kappa shape index (κ1) is 29.8. The Hall–Kier alpha value is -1.77. The number of fused-ring (bicyclic) bond motifs is 3. The largest absolute Gasteiger partial charge is 0.493 e. The van der Waals surface area contributed by atoms with Crippen LogP contribution in [-0.4, -0.2) is 57.8 Å². The molecular weight excluding hydrogens is 550 g/mol. The third kappa shape index (κ3) is 6.12. The van der Waals surface area contributed by atoms with Crippen molar-refractivity contribution in [1.29, 1.82) is 0 Å². The number of carbonyl (C=O) groups is 1. The van der Waals surface area contributed by atoms with Crippen LogP contribution in [0.3, 0.4) is 0 Å². The van der Waals surface area contributed by atoms with Gasteiger partial charge in [-0.1, -0.05) is 54.9 Å². The summed E-state index contributed by atoms with van der Waals surface area (Å²) in [7, 11) is 1.38. The number of benzene rings is 1. The summed E-state index contributed by atoms with van der Waals surface area (Å²) in [6.07, 6.45) is 7.27. The van der Waals surface area contributed by atoms with Gasteiger partial charge in [-0.2, -0.15) is 0 Å². The molecule has 0 bridgehead atoms. The predicted molar refractivity (Wildman–Crippen MR) is 156 cm³/mol. The molecule has 2 aliphatic rings. The van der Waals surface area contributed by atoms with E-state index < -0.39 is 19.3 Å². The number of amides is 1. The molecule has 0 fully saturated rings. The Morgan fingerprint density at radius 1 is 1.24 bits per heavy atom. The summed E-state index contributed by atoms with van der Waals surface area (Å²) in [5, 5.41) is 0.0702. The Bertz CT molecular complexity index is 1060. The smallest absolute Gasteiger partial charge is 0.410 e. The van der Waals surface area contributed by atoms with Crippen LogP contribution in [-0.2, 0) is 14.6 Å². The minimum absolute atomic E-state index is 0.0702. The van der Waals surface area contributed by atoms with Gasteiger partial charge in [-0.15, -0.1) is 0 Å². The van der Waals surface area contributed by atoms with E-state index in [9.17, 15) is 4.79 Å². The molecule has 1 heterocycles. The van der Waals surface area contributed by atoms with Gasteiger partial charge in [-0.05, 0) is 74.4 Å². The summed E-state index contributed by atoms with van der Waals surface area (Å²) in [4.78, 5) is 16.3. The number of hydrogen-bond donors (Lipinski definition) is 0. The van der Waals surface area contributed by atoms with Crippen molar-refractivity contribution in [1.82, 2.24) is 4.90 Å². The van der Waals surface area contributed by atoms with E-state index in [4.69, 9.17) is 18.6 Å². The second-order valence-corrected chi connectivity index (χ2v) is 17.9. The zero-order valence-corrected chi connectivity index (χ0v) is 26.7. The molecule has 1 aromatic rings. The average Bonchev–Trinajstić information content (AvgIpc) is 3.12. The van der Waals surface area contributed by atoms with Gasteiger partial charge in [0.05, 0.1) is 18.6 Å². The molecule has 0 aromatic heterocycles. The summed E-state index contributed by atoms with van der Waals surface area (Å²) in [6.45, 7) is 17.5. The van der Waals surface area contributed by atoms with Crippen molar-refractivity contribution in [3.8, 4) is 11.5 Å². The fourth-order valence-electron chi connectivity index (χ4n) is 4.84. The summed E-state index contributed by atoms with van der Waals surface area (Å²) in [5.41, 5.74) is 1.08. The number of nitrogens with zero attached hydrogens (tertiary/aromatic N) is 1. The second kappa shape index (κ2) is 10.8. The second-order valence-electron chi connectivity index (χ2n) is 12.6. The molecule has 1 amide bonds. The Morgan fingerprint density at radius 3 is 2.49 bits per heavy atom. The van der Waals surface area contributed by atoms with Crippen molar-refractivity contribution < 1.29 is 23.4 Å². The van der Waals surface area contributed by atoms with Gasteiger partial charge in [0, 0.05) is 19.2 Å². The van der Waals surface area contributed by atoms with E-state index in [-0.39, 0.29) is 23.3 Å². The molecule has 1 aromatic carbocycles. The molecule has 0 radical (unpaired) electrons. The maximum Gasteiger partial charge on any atom is 0.410 e. The van der Waals surface area contributed by atoms with Gasteiger partial charge >= 0.3 is 6.09 Å². The van der Waals surface area contributed by atoms with Crippen LogP contribution in [0.1, 0.15) is 65.5 Å². The molecule has 0 N–H and O–H groups in total. The van der Waals surface area contributed by atoms with E-state index >= 15 is 0 Å². The molecule has 206 valence electrons. The monoisotopic (exact) mass is 593 g/mol. The van der Waals surface area contributed by atoms with E-state index in [0.717, 1.165) is 23.3 Å². The summed E-state index contributed by atoms with van der Waals surface area (Å²) >= 11 is 3.46. The van der Waals surface area contributed by atoms with Crippen molar-refractivity contribution >= 4 is 36.4 Å². The minimum atomic E-state index is -2.08. The zero-order chi connectivity index (χ0) is 27.8.